The monoisotopic (exact) mass is 381 g/mol. The highest BCUT2D eigenvalue weighted by atomic mass is 16.5. The molecule has 1 aliphatic rings. The SMILES string of the molecule is CCCc1ccc(-c2ccc(C(=O)N3CC[C@H](NC)[C@H]3C(=O)NO)cc2)cc1. The van der Waals surface area contributed by atoms with Gasteiger partial charge in [0.25, 0.3) is 11.8 Å². The smallest absolute Gasteiger partial charge is 0.267 e. The number of hydrogen-bond donors (Lipinski definition) is 3. The zero-order chi connectivity index (χ0) is 20.1. The molecular formula is C22H27N3O3. The van der Waals surface area contributed by atoms with Crippen molar-refractivity contribution in [2.24, 2.45) is 0 Å². The van der Waals surface area contributed by atoms with E-state index in [1.807, 2.05) is 12.1 Å². The fourth-order valence-electron chi connectivity index (χ4n) is 3.84. The first-order valence-corrected chi connectivity index (χ1v) is 9.70. The molecule has 6 heteroatoms. The molecule has 0 aliphatic carbocycles. The van der Waals surface area contributed by atoms with Crippen molar-refractivity contribution in [2.45, 2.75) is 38.3 Å². The summed E-state index contributed by atoms with van der Waals surface area (Å²) in [4.78, 5) is 26.5. The predicted octanol–water partition coefficient (Wildman–Crippen LogP) is 2.61. The van der Waals surface area contributed by atoms with E-state index in [-0.39, 0.29) is 11.9 Å². The number of amides is 2. The third-order valence-electron chi connectivity index (χ3n) is 5.37. The van der Waals surface area contributed by atoms with Gasteiger partial charge in [0, 0.05) is 18.2 Å². The fraction of sp³-hybridized carbons (Fsp3) is 0.364. The van der Waals surface area contributed by atoms with Gasteiger partial charge in [0.05, 0.1) is 0 Å². The Morgan fingerprint density at radius 1 is 1.07 bits per heavy atom. The van der Waals surface area contributed by atoms with Gasteiger partial charge in [0.15, 0.2) is 0 Å². The van der Waals surface area contributed by atoms with Crippen molar-refractivity contribution >= 4 is 11.8 Å². The summed E-state index contributed by atoms with van der Waals surface area (Å²) in [6.07, 6.45) is 2.85. The van der Waals surface area contributed by atoms with Gasteiger partial charge in [-0.05, 0) is 48.7 Å². The molecule has 3 rings (SSSR count). The van der Waals surface area contributed by atoms with Gasteiger partial charge in [-0.25, -0.2) is 5.48 Å². The van der Waals surface area contributed by atoms with E-state index < -0.39 is 11.9 Å². The van der Waals surface area contributed by atoms with E-state index in [0.717, 1.165) is 24.0 Å². The second-order valence-electron chi connectivity index (χ2n) is 7.13. The van der Waals surface area contributed by atoms with Crippen LogP contribution in [0.3, 0.4) is 0 Å². The van der Waals surface area contributed by atoms with Crippen molar-refractivity contribution in [2.75, 3.05) is 13.6 Å². The summed E-state index contributed by atoms with van der Waals surface area (Å²) in [5, 5.41) is 12.1. The number of carbonyl (C=O) groups is 2. The minimum atomic E-state index is -0.728. The van der Waals surface area contributed by atoms with Crippen LogP contribution in [0.4, 0.5) is 0 Å². The molecule has 0 spiro atoms. The summed E-state index contributed by atoms with van der Waals surface area (Å²) < 4.78 is 0. The molecule has 0 radical (unpaired) electrons. The van der Waals surface area contributed by atoms with E-state index in [4.69, 9.17) is 5.21 Å². The van der Waals surface area contributed by atoms with Crippen molar-refractivity contribution in [3.05, 3.63) is 59.7 Å². The Hall–Kier alpha value is -2.70. The summed E-state index contributed by atoms with van der Waals surface area (Å²) >= 11 is 0. The summed E-state index contributed by atoms with van der Waals surface area (Å²) in [5.74, 6) is -0.787. The molecule has 2 aromatic rings. The molecule has 1 aliphatic heterocycles. The third kappa shape index (κ3) is 4.08. The zero-order valence-electron chi connectivity index (χ0n) is 16.3. The fourth-order valence-corrected chi connectivity index (χ4v) is 3.84. The van der Waals surface area contributed by atoms with E-state index in [2.05, 4.69) is 36.5 Å². The van der Waals surface area contributed by atoms with Crippen molar-refractivity contribution in [1.82, 2.24) is 15.7 Å². The standard InChI is InChI=1S/C22H27N3O3/c1-3-4-15-5-7-16(8-6-15)17-9-11-18(12-10-17)22(27)25-14-13-19(23-2)20(25)21(26)24-28/h5-12,19-20,23,28H,3-4,13-14H2,1-2H3,(H,24,26)/t19-,20-/m0/s1. The predicted molar refractivity (Wildman–Crippen MR) is 108 cm³/mol. The molecule has 148 valence electrons. The molecule has 28 heavy (non-hydrogen) atoms. The Bertz CT molecular complexity index is 818. The van der Waals surface area contributed by atoms with E-state index >= 15 is 0 Å². The van der Waals surface area contributed by atoms with Gasteiger partial charge in [-0.3, -0.25) is 14.8 Å². The average Bonchev–Trinajstić information content (AvgIpc) is 3.18. The molecule has 3 N–H and O–H groups in total. The summed E-state index contributed by atoms with van der Waals surface area (Å²) in [6, 6.07) is 15.0. The summed E-state index contributed by atoms with van der Waals surface area (Å²) in [7, 11) is 1.75. The van der Waals surface area contributed by atoms with Gasteiger partial charge in [-0.1, -0.05) is 49.7 Å². The van der Waals surface area contributed by atoms with E-state index in [1.165, 1.54) is 10.5 Å². The molecule has 1 saturated heterocycles. The molecule has 1 fully saturated rings. The number of hydroxylamine groups is 1. The molecule has 0 unspecified atom stereocenters. The van der Waals surface area contributed by atoms with Gasteiger partial charge in [-0.15, -0.1) is 0 Å². The Kier molecular flexibility index (Phi) is 6.44. The average molecular weight is 381 g/mol. The maximum Gasteiger partial charge on any atom is 0.267 e. The summed E-state index contributed by atoms with van der Waals surface area (Å²) in [6.45, 7) is 2.63. The number of benzene rings is 2. The second-order valence-corrected chi connectivity index (χ2v) is 7.13. The zero-order valence-corrected chi connectivity index (χ0v) is 16.3. The van der Waals surface area contributed by atoms with Crippen LogP contribution in [0.15, 0.2) is 48.5 Å². The first-order chi connectivity index (χ1) is 13.6. The molecule has 2 amide bonds. The minimum Gasteiger partial charge on any atom is -0.325 e. The van der Waals surface area contributed by atoms with E-state index in [1.54, 1.807) is 24.7 Å². The highest BCUT2D eigenvalue weighted by molar-refractivity contribution is 5.98. The highest BCUT2D eigenvalue weighted by Crippen LogP contribution is 2.24. The number of rotatable bonds is 6. The third-order valence-corrected chi connectivity index (χ3v) is 5.37. The van der Waals surface area contributed by atoms with Crippen molar-refractivity contribution in [3.8, 4) is 11.1 Å². The number of aryl methyl sites for hydroxylation is 1. The van der Waals surface area contributed by atoms with Crippen LogP contribution in [-0.4, -0.2) is 47.6 Å². The lowest BCUT2D eigenvalue weighted by atomic mass is 10.0. The Morgan fingerprint density at radius 2 is 1.68 bits per heavy atom. The lowest BCUT2D eigenvalue weighted by molar-refractivity contribution is -0.133. The van der Waals surface area contributed by atoms with Crippen LogP contribution >= 0.6 is 0 Å². The van der Waals surface area contributed by atoms with Crippen LogP contribution in [0.1, 0.15) is 35.7 Å². The van der Waals surface area contributed by atoms with E-state index in [9.17, 15) is 9.59 Å². The molecule has 1 heterocycles. The topological polar surface area (TPSA) is 81.7 Å². The van der Waals surface area contributed by atoms with Gasteiger partial charge < -0.3 is 10.2 Å². The van der Waals surface area contributed by atoms with Crippen molar-refractivity contribution in [1.29, 1.82) is 0 Å². The van der Waals surface area contributed by atoms with Crippen LogP contribution in [0.5, 0.6) is 0 Å². The molecule has 0 aromatic heterocycles. The molecule has 2 atom stereocenters. The van der Waals surface area contributed by atoms with Crippen molar-refractivity contribution in [3.63, 3.8) is 0 Å². The number of carbonyl (C=O) groups excluding carboxylic acids is 2. The van der Waals surface area contributed by atoms with Crippen LogP contribution in [0, 0.1) is 0 Å². The van der Waals surface area contributed by atoms with Crippen LogP contribution in [0.25, 0.3) is 11.1 Å². The Labute approximate surface area is 165 Å². The van der Waals surface area contributed by atoms with Crippen LogP contribution < -0.4 is 10.8 Å². The maximum absolute atomic E-state index is 12.9. The van der Waals surface area contributed by atoms with Crippen molar-refractivity contribution < 1.29 is 14.8 Å². The normalized spacial score (nSPS) is 18.9. The lowest BCUT2D eigenvalue weighted by Gasteiger charge is -2.26. The molecule has 0 bridgehead atoms. The Balaban J connectivity index is 1.77. The lowest BCUT2D eigenvalue weighted by Crippen LogP contribution is -2.52. The van der Waals surface area contributed by atoms with Gasteiger partial charge in [0.1, 0.15) is 6.04 Å². The van der Waals surface area contributed by atoms with Gasteiger partial charge in [0.2, 0.25) is 0 Å². The van der Waals surface area contributed by atoms with Gasteiger partial charge in [-0.2, -0.15) is 0 Å². The highest BCUT2D eigenvalue weighted by Gasteiger charge is 2.41. The molecule has 0 saturated carbocycles. The van der Waals surface area contributed by atoms with Crippen LogP contribution in [0.2, 0.25) is 0 Å². The minimum absolute atomic E-state index is 0.183. The molecule has 2 aromatic carbocycles. The summed E-state index contributed by atoms with van der Waals surface area (Å²) in [5.41, 5.74) is 5.67. The number of likely N-dealkylation sites (tertiary alicyclic amines) is 1. The first kappa shape index (κ1) is 20.0. The van der Waals surface area contributed by atoms with Crippen LogP contribution in [-0.2, 0) is 11.2 Å². The maximum atomic E-state index is 12.9. The molecular weight excluding hydrogens is 354 g/mol. The number of hydrogen-bond acceptors (Lipinski definition) is 4. The number of nitrogens with zero attached hydrogens (tertiary/aromatic N) is 1. The largest absolute Gasteiger partial charge is 0.325 e. The Morgan fingerprint density at radius 3 is 2.21 bits per heavy atom. The second kappa shape index (κ2) is 8.99. The number of likely N-dealkylation sites (N-methyl/N-ethyl adjacent to an activating group) is 1. The first-order valence-electron chi connectivity index (χ1n) is 9.70. The molecule has 6 nitrogen and oxygen atoms in total. The number of nitrogens with one attached hydrogen (secondary N) is 2. The van der Waals surface area contributed by atoms with Gasteiger partial charge >= 0.3 is 0 Å². The quantitative estimate of drug-likeness (QED) is 0.531. The van der Waals surface area contributed by atoms with E-state index in [0.29, 0.717) is 18.5 Å².